The van der Waals surface area contributed by atoms with Crippen LogP contribution in [0, 0.1) is 6.92 Å². The van der Waals surface area contributed by atoms with Gasteiger partial charge in [0.1, 0.15) is 6.54 Å². The van der Waals surface area contributed by atoms with E-state index in [2.05, 4.69) is 36.1 Å². The van der Waals surface area contributed by atoms with Crippen LogP contribution in [0.1, 0.15) is 21.5 Å². The van der Waals surface area contributed by atoms with Gasteiger partial charge in [0.25, 0.3) is 0 Å². The molecule has 0 unspecified atom stereocenters. The second-order valence-electron chi connectivity index (χ2n) is 6.24. The van der Waals surface area contributed by atoms with E-state index in [0.717, 1.165) is 32.7 Å². The van der Waals surface area contributed by atoms with Crippen molar-refractivity contribution in [2.45, 2.75) is 13.5 Å². The predicted octanol–water partition coefficient (Wildman–Crippen LogP) is 0.264. The van der Waals surface area contributed by atoms with Crippen LogP contribution in [0.4, 0.5) is 5.69 Å². The van der Waals surface area contributed by atoms with Gasteiger partial charge in [-0.2, -0.15) is 0 Å². The van der Waals surface area contributed by atoms with Gasteiger partial charge in [-0.1, -0.05) is 36.4 Å². The minimum absolute atomic E-state index is 0.244. The van der Waals surface area contributed by atoms with Gasteiger partial charge < -0.3 is 19.7 Å². The van der Waals surface area contributed by atoms with E-state index >= 15 is 0 Å². The molecule has 4 nitrogen and oxygen atoms in total. The molecule has 120 valence electrons. The Morgan fingerprint density at radius 2 is 1.83 bits per heavy atom. The SMILES string of the molecule is Cc1cccc(N2CC[NH+](Cc3ccc(C(=O)[O-])cc3)CC2)c1. The van der Waals surface area contributed by atoms with Crippen LogP contribution >= 0.6 is 0 Å². The fourth-order valence-electron chi connectivity index (χ4n) is 3.13. The number of carboxylic acid groups (broad SMARTS) is 1. The minimum atomic E-state index is -1.12. The Morgan fingerprint density at radius 1 is 1.13 bits per heavy atom. The van der Waals surface area contributed by atoms with E-state index < -0.39 is 5.97 Å². The zero-order valence-electron chi connectivity index (χ0n) is 13.4. The number of nitrogens with zero attached hydrogens (tertiary/aromatic N) is 1. The van der Waals surface area contributed by atoms with Gasteiger partial charge in [0.05, 0.1) is 32.1 Å². The molecule has 1 aliphatic heterocycles. The first-order valence-corrected chi connectivity index (χ1v) is 8.07. The van der Waals surface area contributed by atoms with Crippen molar-refractivity contribution in [3.05, 3.63) is 65.2 Å². The molecule has 3 rings (SSSR count). The molecule has 2 aromatic carbocycles. The maximum Gasteiger partial charge on any atom is 0.103 e. The summed E-state index contributed by atoms with van der Waals surface area (Å²) in [6, 6.07) is 15.7. The third-order valence-corrected chi connectivity index (χ3v) is 4.48. The van der Waals surface area contributed by atoms with Crippen LogP contribution in [-0.4, -0.2) is 32.1 Å². The molecule has 0 radical (unpaired) electrons. The first-order valence-electron chi connectivity index (χ1n) is 8.07. The number of hydrogen-bond donors (Lipinski definition) is 1. The molecule has 0 amide bonds. The highest BCUT2D eigenvalue weighted by atomic mass is 16.4. The van der Waals surface area contributed by atoms with E-state index in [-0.39, 0.29) is 5.56 Å². The first kappa shape index (κ1) is 15.6. The monoisotopic (exact) mass is 310 g/mol. The van der Waals surface area contributed by atoms with Crippen LogP contribution in [0.15, 0.2) is 48.5 Å². The lowest BCUT2D eigenvalue weighted by Crippen LogP contribution is -3.13. The largest absolute Gasteiger partial charge is 0.545 e. The van der Waals surface area contributed by atoms with Gasteiger partial charge in [-0.05, 0) is 30.2 Å². The van der Waals surface area contributed by atoms with E-state index in [1.165, 1.54) is 21.7 Å². The van der Waals surface area contributed by atoms with Gasteiger partial charge >= 0.3 is 0 Å². The Bertz CT molecular complexity index is 674. The molecule has 0 aliphatic carbocycles. The number of carboxylic acids is 1. The van der Waals surface area contributed by atoms with E-state index in [4.69, 9.17) is 0 Å². The molecule has 0 bridgehead atoms. The minimum Gasteiger partial charge on any atom is -0.545 e. The maximum atomic E-state index is 10.8. The number of aryl methyl sites for hydroxylation is 1. The summed E-state index contributed by atoms with van der Waals surface area (Å²) in [4.78, 5) is 14.8. The Labute approximate surface area is 137 Å². The van der Waals surface area contributed by atoms with Crippen LogP contribution in [0.3, 0.4) is 0 Å². The standard InChI is InChI=1S/C19H22N2O2/c1-15-3-2-4-18(13-15)21-11-9-20(10-12-21)14-16-5-7-17(8-6-16)19(22)23/h2-8,13H,9-12,14H2,1H3,(H,22,23). The molecule has 1 aliphatic rings. The van der Waals surface area contributed by atoms with Crippen molar-refractivity contribution >= 4 is 11.7 Å². The predicted molar refractivity (Wildman–Crippen MR) is 88.6 cm³/mol. The molecule has 1 N–H and O–H groups in total. The third-order valence-electron chi connectivity index (χ3n) is 4.48. The molecular formula is C19H22N2O2. The van der Waals surface area contributed by atoms with Crippen LogP contribution in [0.5, 0.6) is 0 Å². The molecule has 23 heavy (non-hydrogen) atoms. The molecule has 2 aromatic rings. The zero-order valence-corrected chi connectivity index (χ0v) is 13.4. The van der Waals surface area contributed by atoms with Crippen molar-refractivity contribution in [2.75, 3.05) is 31.1 Å². The lowest BCUT2D eigenvalue weighted by molar-refractivity contribution is -0.914. The van der Waals surface area contributed by atoms with Crippen LogP contribution in [0.25, 0.3) is 0 Å². The van der Waals surface area contributed by atoms with Gasteiger partial charge in [-0.3, -0.25) is 0 Å². The van der Waals surface area contributed by atoms with Gasteiger partial charge in [-0.25, -0.2) is 0 Å². The highest BCUT2D eigenvalue weighted by Crippen LogP contribution is 2.15. The first-order chi connectivity index (χ1) is 11.1. The van der Waals surface area contributed by atoms with Crippen LogP contribution in [0.2, 0.25) is 0 Å². The number of piperazine rings is 1. The molecular weight excluding hydrogens is 288 g/mol. The molecule has 0 aromatic heterocycles. The third kappa shape index (κ3) is 3.90. The Morgan fingerprint density at radius 3 is 2.43 bits per heavy atom. The van der Waals surface area contributed by atoms with E-state index in [1.807, 2.05) is 12.1 Å². The second kappa shape index (κ2) is 6.84. The molecule has 1 fully saturated rings. The van der Waals surface area contributed by atoms with Gasteiger partial charge in [0.2, 0.25) is 0 Å². The average Bonchev–Trinajstić information content (AvgIpc) is 2.56. The van der Waals surface area contributed by atoms with Crippen molar-refractivity contribution < 1.29 is 14.8 Å². The second-order valence-corrected chi connectivity index (χ2v) is 6.24. The van der Waals surface area contributed by atoms with Gasteiger partial charge in [0.15, 0.2) is 0 Å². The summed E-state index contributed by atoms with van der Waals surface area (Å²) in [7, 11) is 0. The molecule has 0 saturated carbocycles. The van der Waals surface area contributed by atoms with Crippen LogP contribution in [-0.2, 0) is 6.54 Å². The van der Waals surface area contributed by atoms with Crippen LogP contribution < -0.4 is 14.9 Å². The summed E-state index contributed by atoms with van der Waals surface area (Å²) < 4.78 is 0. The van der Waals surface area contributed by atoms with Crippen molar-refractivity contribution in [3.8, 4) is 0 Å². The average molecular weight is 310 g/mol. The number of carbonyl (C=O) groups excluding carboxylic acids is 1. The number of aromatic carboxylic acids is 1. The molecule has 1 heterocycles. The Kier molecular flexibility index (Phi) is 4.63. The van der Waals surface area contributed by atoms with E-state index in [1.54, 1.807) is 12.1 Å². The lowest BCUT2D eigenvalue weighted by Gasteiger charge is -2.33. The number of quaternary nitrogens is 1. The molecule has 1 saturated heterocycles. The highest BCUT2D eigenvalue weighted by Gasteiger charge is 2.20. The molecule has 0 spiro atoms. The number of hydrogen-bond acceptors (Lipinski definition) is 3. The van der Waals surface area contributed by atoms with Gasteiger partial charge in [0, 0.05) is 11.3 Å². The van der Waals surface area contributed by atoms with Gasteiger partial charge in [-0.15, -0.1) is 0 Å². The van der Waals surface area contributed by atoms with Crippen molar-refractivity contribution in [2.24, 2.45) is 0 Å². The summed E-state index contributed by atoms with van der Waals surface area (Å²) in [6.45, 7) is 7.36. The Hall–Kier alpha value is -2.33. The lowest BCUT2D eigenvalue weighted by atomic mass is 10.1. The number of carbonyl (C=O) groups is 1. The summed E-state index contributed by atoms with van der Waals surface area (Å²) in [5, 5.41) is 10.8. The topological polar surface area (TPSA) is 47.8 Å². The normalized spacial score (nSPS) is 15.6. The summed E-state index contributed by atoms with van der Waals surface area (Å²) in [5.74, 6) is -1.12. The summed E-state index contributed by atoms with van der Waals surface area (Å²) in [6.07, 6.45) is 0. The number of benzene rings is 2. The number of rotatable bonds is 4. The molecule has 0 atom stereocenters. The fraction of sp³-hybridized carbons (Fsp3) is 0.316. The molecule has 4 heteroatoms. The van der Waals surface area contributed by atoms with E-state index in [9.17, 15) is 9.90 Å². The smallest absolute Gasteiger partial charge is 0.103 e. The van der Waals surface area contributed by atoms with Crippen molar-refractivity contribution in [1.29, 1.82) is 0 Å². The number of anilines is 1. The zero-order chi connectivity index (χ0) is 16.2. The number of nitrogens with one attached hydrogen (secondary N) is 1. The Balaban J connectivity index is 1.55. The summed E-state index contributed by atoms with van der Waals surface area (Å²) in [5.41, 5.74) is 4.02. The quantitative estimate of drug-likeness (QED) is 0.881. The van der Waals surface area contributed by atoms with E-state index in [0.29, 0.717) is 0 Å². The van der Waals surface area contributed by atoms with Crippen molar-refractivity contribution in [1.82, 2.24) is 0 Å². The maximum absolute atomic E-state index is 10.8. The summed E-state index contributed by atoms with van der Waals surface area (Å²) >= 11 is 0. The highest BCUT2D eigenvalue weighted by molar-refractivity contribution is 5.85. The van der Waals surface area contributed by atoms with Crippen molar-refractivity contribution in [3.63, 3.8) is 0 Å². The fourth-order valence-corrected chi connectivity index (χ4v) is 3.13.